The standard InChI is InChI=1S/C15H21FN2O2/c1-11-2-4-12(5-3-11)8-15(10-17)6-7-18(14(19)20)9-13(15)16/h2-5,13H,6-10,17H2,1H3,(H,19,20)/t13-,15?/m1/s1. The third kappa shape index (κ3) is 2.93. The Labute approximate surface area is 118 Å². The number of halogens is 1. The van der Waals surface area contributed by atoms with Gasteiger partial charge in [0, 0.05) is 18.5 Å². The summed E-state index contributed by atoms with van der Waals surface area (Å²) in [5.41, 5.74) is 7.38. The fourth-order valence-electron chi connectivity index (χ4n) is 2.78. The van der Waals surface area contributed by atoms with E-state index in [1.807, 2.05) is 31.2 Å². The molecule has 1 fully saturated rings. The minimum absolute atomic E-state index is 0.0849. The van der Waals surface area contributed by atoms with Gasteiger partial charge in [0.25, 0.3) is 0 Å². The molecule has 0 aromatic heterocycles. The molecule has 0 bridgehead atoms. The van der Waals surface area contributed by atoms with E-state index in [1.165, 1.54) is 0 Å². The first-order valence-electron chi connectivity index (χ1n) is 6.84. The lowest BCUT2D eigenvalue weighted by Crippen LogP contribution is -2.54. The van der Waals surface area contributed by atoms with Crippen molar-refractivity contribution in [1.29, 1.82) is 0 Å². The Kier molecular flexibility index (Phi) is 4.28. The predicted octanol–water partition coefficient (Wildman–Crippen LogP) is 2.20. The second-order valence-corrected chi connectivity index (χ2v) is 5.67. The first-order valence-corrected chi connectivity index (χ1v) is 6.84. The highest BCUT2D eigenvalue weighted by Crippen LogP contribution is 2.36. The van der Waals surface area contributed by atoms with Crippen molar-refractivity contribution in [1.82, 2.24) is 4.90 Å². The zero-order valence-electron chi connectivity index (χ0n) is 11.7. The van der Waals surface area contributed by atoms with Crippen LogP contribution in [0, 0.1) is 12.3 Å². The zero-order valence-corrected chi connectivity index (χ0v) is 11.7. The Balaban J connectivity index is 2.14. The van der Waals surface area contributed by atoms with E-state index in [2.05, 4.69) is 0 Å². The van der Waals surface area contributed by atoms with Crippen molar-refractivity contribution in [2.75, 3.05) is 19.6 Å². The summed E-state index contributed by atoms with van der Waals surface area (Å²) in [6.07, 6.45) is -1.27. The number of nitrogens with two attached hydrogens (primary N) is 1. The molecule has 1 amide bonds. The van der Waals surface area contributed by atoms with Gasteiger partial charge in [-0.3, -0.25) is 0 Å². The van der Waals surface area contributed by atoms with E-state index in [9.17, 15) is 9.18 Å². The predicted molar refractivity (Wildman–Crippen MR) is 75.5 cm³/mol. The van der Waals surface area contributed by atoms with E-state index in [4.69, 9.17) is 10.8 Å². The number of aryl methyl sites for hydroxylation is 1. The van der Waals surface area contributed by atoms with Crippen molar-refractivity contribution in [2.45, 2.75) is 25.9 Å². The molecule has 0 spiro atoms. The number of hydrogen-bond donors (Lipinski definition) is 2. The van der Waals surface area contributed by atoms with Gasteiger partial charge in [0.1, 0.15) is 6.17 Å². The lowest BCUT2D eigenvalue weighted by atomic mass is 9.72. The van der Waals surface area contributed by atoms with Gasteiger partial charge in [0.2, 0.25) is 0 Å². The largest absolute Gasteiger partial charge is 0.465 e. The highest BCUT2D eigenvalue weighted by Gasteiger charge is 2.43. The highest BCUT2D eigenvalue weighted by atomic mass is 19.1. The molecule has 1 aliphatic heterocycles. The molecular formula is C15H21FN2O2. The third-order valence-electron chi connectivity index (χ3n) is 4.28. The molecule has 20 heavy (non-hydrogen) atoms. The quantitative estimate of drug-likeness (QED) is 0.892. The number of carboxylic acid groups (broad SMARTS) is 1. The van der Waals surface area contributed by atoms with Gasteiger partial charge in [0.15, 0.2) is 0 Å². The summed E-state index contributed by atoms with van der Waals surface area (Å²) in [5.74, 6) is 0. The van der Waals surface area contributed by atoms with Gasteiger partial charge in [-0.2, -0.15) is 0 Å². The van der Waals surface area contributed by atoms with Crippen LogP contribution in [0.5, 0.6) is 0 Å². The molecule has 1 aliphatic rings. The summed E-state index contributed by atoms with van der Waals surface area (Å²) >= 11 is 0. The van der Waals surface area contributed by atoms with Gasteiger partial charge in [-0.1, -0.05) is 29.8 Å². The molecule has 1 unspecified atom stereocenters. The van der Waals surface area contributed by atoms with Crippen molar-refractivity contribution < 1.29 is 14.3 Å². The van der Waals surface area contributed by atoms with Crippen molar-refractivity contribution >= 4 is 6.09 Å². The van der Waals surface area contributed by atoms with Gasteiger partial charge >= 0.3 is 6.09 Å². The number of carbonyl (C=O) groups is 1. The average Bonchev–Trinajstić information content (AvgIpc) is 2.43. The van der Waals surface area contributed by atoms with Crippen LogP contribution in [-0.2, 0) is 6.42 Å². The molecule has 2 atom stereocenters. The number of likely N-dealkylation sites (tertiary alicyclic amines) is 1. The van der Waals surface area contributed by atoms with Crippen LogP contribution in [0.2, 0.25) is 0 Å². The fraction of sp³-hybridized carbons (Fsp3) is 0.533. The van der Waals surface area contributed by atoms with Crippen LogP contribution in [0.25, 0.3) is 0 Å². The molecule has 2 rings (SSSR count). The van der Waals surface area contributed by atoms with Crippen LogP contribution in [0.4, 0.5) is 9.18 Å². The Bertz CT molecular complexity index is 477. The second-order valence-electron chi connectivity index (χ2n) is 5.67. The number of amides is 1. The van der Waals surface area contributed by atoms with Crippen LogP contribution < -0.4 is 5.73 Å². The van der Waals surface area contributed by atoms with E-state index >= 15 is 0 Å². The summed E-state index contributed by atoms with van der Waals surface area (Å²) < 4.78 is 14.5. The van der Waals surface area contributed by atoms with Crippen molar-refractivity contribution in [3.8, 4) is 0 Å². The first kappa shape index (κ1) is 14.8. The molecule has 0 radical (unpaired) electrons. The maximum Gasteiger partial charge on any atom is 0.407 e. The van der Waals surface area contributed by atoms with E-state index < -0.39 is 17.7 Å². The normalized spacial score (nSPS) is 26.6. The summed E-state index contributed by atoms with van der Waals surface area (Å²) in [6.45, 7) is 2.50. The maximum absolute atomic E-state index is 14.5. The Morgan fingerprint density at radius 1 is 1.50 bits per heavy atom. The number of alkyl halides is 1. The highest BCUT2D eigenvalue weighted by molar-refractivity contribution is 5.65. The van der Waals surface area contributed by atoms with Crippen LogP contribution in [-0.4, -0.2) is 41.9 Å². The zero-order chi connectivity index (χ0) is 14.8. The average molecular weight is 280 g/mol. The van der Waals surface area contributed by atoms with Crippen LogP contribution >= 0.6 is 0 Å². The van der Waals surface area contributed by atoms with Gasteiger partial charge in [-0.25, -0.2) is 9.18 Å². The van der Waals surface area contributed by atoms with Crippen molar-refractivity contribution in [3.05, 3.63) is 35.4 Å². The number of benzene rings is 1. The Morgan fingerprint density at radius 3 is 2.65 bits per heavy atom. The van der Waals surface area contributed by atoms with Gasteiger partial charge in [-0.05, 0) is 25.3 Å². The molecule has 1 aromatic carbocycles. The molecule has 110 valence electrons. The van der Waals surface area contributed by atoms with Crippen molar-refractivity contribution in [2.24, 2.45) is 11.1 Å². The van der Waals surface area contributed by atoms with Crippen LogP contribution in [0.3, 0.4) is 0 Å². The molecule has 3 N–H and O–H groups in total. The first-order chi connectivity index (χ1) is 9.47. The van der Waals surface area contributed by atoms with Gasteiger partial charge < -0.3 is 15.7 Å². The molecule has 1 aromatic rings. The molecule has 5 heteroatoms. The summed E-state index contributed by atoms with van der Waals surface area (Å²) in [5, 5.41) is 8.95. The third-order valence-corrected chi connectivity index (χ3v) is 4.28. The summed E-state index contributed by atoms with van der Waals surface area (Å²) in [7, 11) is 0. The van der Waals surface area contributed by atoms with E-state index in [0.29, 0.717) is 19.4 Å². The molecular weight excluding hydrogens is 259 g/mol. The molecule has 1 heterocycles. The molecule has 0 saturated carbocycles. The van der Waals surface area contributed by atoms with Gasteiger partial charge in [0.05, 0.1) is 6.54 Å². The fourth-order valence-corrected chi connectivity index (χ4v) is 2.78. The summed E-state index contributed by atoms with van der Waals surface area (Å²) in [4.78, 5) is 12.1. The number of hydrogen-bond acceptors (Lipinski definition) is 2. The smallest absolute Gasteiger partial charge is 0.407 e. The van der Waals surface area contributed by atoms with E-state index in [-0.39, 0.29) is 13.1 Å². The van der Waals surface area contributed by atoms with Crippen molar-refractivity contribution in [3.63, 3.8) is 0 Å². The van der Waals surface area contributed by atoms with Gasteiger partial charge in [-0.15, -0.1) is 0 Å². The summed E-state index contributed by atoms with van der Waals surface area (Å²) in [6, 6.07) is 7.98. The maximum atomic E-state index is 14.5. The minimum Gasteiger partial charge on any atom is -0.465 e. The molecule has 0 aliphatic carbocycles. The monoisotopic (exact) mass is 280 g/mol. The molecule has 4 nitrogen and oxygen atoms in total. The van der Waals surface area contributed by atoms with E-state index in [1.54, 1.807) is 0 Å². The Hall–Kier alpha value is -1.62. The second kappa shape index (κ2) is 5.79. The Morgan fingerprint density at radius 2 is 2.15 bits per heavy atom. The minimum atomic E-state index is -1.22. The SMILES string of the molecule is Cc1ccc(CC2(CN)CCN(C(=O)O)C[C@H]2F)cc1. The number of nitrogens with zero attached hydrogens (tertiary/aromatic N) is 1. The lowest BCUT2D eigenvalue weighted by Gasteiger charge is -2.43. The van der Waals surface area contributed by atoms with E-state index in [0.717, 1.165) is 16.0 Å². The topological polar surface area (TPSA) is 66.6 Å². The number of rotatable bonds is 3. The lowest BCUT2D eigenvalue weighted by molar-refractivity contribution is 0.0166. The number of piperidine rings is 1. The van der Waals surface area contributed by atoms with Crippen LogP contribution in [0.1, 0.15) is 17.5 Å². The van der Waals surface area contributed by atoms with Crippen LogP contribution in [0.15, 0.2) is 24.3 Å². The molecule has 1 saturated heterocycles.